The first-order valence-corrected chi connectivity index (χ1v) is 4.26. The molecule has 3 heteroatoms. The summed E-state index contributed by atoms with van der Waals surface area (Å²) in [4.78, 5) is 12.8. The van der Waals surface area contributed by atoms with Crippen LogP contribution in [0.2, 0.25) is 0 Å². The zero-order valence-electron chi connectivity index (χ0n) is 5.33. The van der Waals surface area contributed by atoms with Crippen molar-refractivity contribution in [2.24, 2.45) is 0 Å². The molecule has 2 nitrogen and oxygen atoms in total. The number of hydrogen-bond acceptors (Lipinski definition) is 2. The van der Waals surface area contributed by atoms with Crippen molar-refractivity contribution in [2.75, 3.05) is 5.75 Å². The number of rotatable bonds is 0. The molecule has 0 aromatic heterocycles. The second-order valence-electron chi connectivity index (χ2n) is 2.64. The maximum absolute atomic E-state index is 10.8. The Morgan fingerprint density at radius 1 is 1.78 bits per heavy atom. The number of hydrogen-bond donors (Lipinski definition) is 0. The quantitative estimate of drug-likeness (QED) is 0.465. The van der Waals surface area contributed by atoms with Crippen molar-refractivity contribution in [1.29, 1.82) is 0 Å². The van der Waals surface area contributed by atoms with Gasteiger partial charge in [-0.2, -0.15) is 0 Å². The second kappa shape index (κ2) is 1.66. The standard InChI is InChI=1S/C6H9NOS/c1-4-3-9-6-2-5(8)7(4)6/h4,6H,2-3H2,1H3/t4?,6-/m1/s1. The van der Waals surface area contributed by atoms with Gasteiger partial charge in [0.15, 0.2) is 0 Å². The molecule has 0 aromatic carbocycles. The molecule has 2 fully saturated rings. The Bertz CT molecular complexity index is 153. The first-order chi connectivity index (χ1) is 4.29. The van der Waals surface area contributed by atoms with Gasteiger partial charge < -0.3 is 4.90 Å². The normalized spacial score (nSPS) is 40.6. The average molecular weight is 143 g/mol. The van der Waals surface area contributed by atoms with Gasteiger partial charge in [-0.15, -0.1) is 11.8 Å². The molecule has 0 spiro atoms. The van der Waals surface area contributed by atoms with Crippen LogP contribution in [0.5, 0.6) is 0 Å². The van der Waals surface area contributed by atoms with Crippen LogP contribution in [0.1, 0.15) is 13.3 Å². The lowest BCUT2D eigenvalue weighted by atomic mass is 10.1. The van der Waals surface area contributed by atoms with Gasteiger partial charge in [0.05, 0.1) is 11.8 Å². The van der Waals surface area contributed by atoms with Crippen LogP contribution in [0.25, 0.3) is 0 Å². The lowest BCUT2D eigenvalue weighted by Gasteiger charge is -2.36. The second-order valence-corrected chi connectivity index (χ2v) is 3.85. The van der Waals surface area contributed by atoms with Crippen LogP contribution in [0.3, 0.4) is 0 Å². The van der Waals surface area contributed by atoms with E-state index in [1.54, 1.807) is 0 Å². The molecule has 0 saturated carbocycles. The van der Waals surface area contributed by atoms with E-state index in [4.69, 9.17) is 0 Å². The Balaban J connectivity index is 2.14. The fourth-order valence-electron chi connectivity index (χ4n) is 1.40. The van der Waals surface area contributed by atoms with E-state index < -0.39 is 0 Å². The van der Waals surface area contributed by atoms with E-state index in [0.717, 1.165) is 12.2 Å². The molecule has 2 saturated heterocycles. The number of amides is 1. The van der Waals surface area contributed by atoms with E-state index in [0.29, 0.717) is 17.3 Å². The van der Waals surface area contributed by atoms with Crippen LogP contribution in [0.4, 0.5) is 0 Å². The van der Waals surface area contributed by atoms with Crippen molar-refractivity contribution in [3.63, 3.8) is 0 Å². The highest BCUT2D eigenvalue weighted by molar-refractivity contribution is 8.00. The van der Waals surface area contributed by atoms with Crippen LogP contribution in [0, 0.1) is 0 Å². The fourth-order valence-corrected chi connectivity index (χ4v) is 2.81. The van der Waals surface area contributed by atoms with E-state index in [2.05, 4.69) is 6.92 Å². The molecule has 2 rings (SSSR count). The molecule has 0 radical (unpaired) electrons. The Hall–Kier alpha value is -0.180. The van der Waals surface area contributed by atoms with Crippen LogP contribution in [-0.2, 0) is 4.79 Å². The fraction of sp³-hybridized carbons (Fsp3) is 0.833. The summed E-state index contributed by atoms with van der Waals surface area (Å²) in [5.74, 6) is 1.48. The van der Waals surface area contributed by atoms with Gasteiger partial charge in [-0.05, 0) is 6.92 Å². The van der Waals surface area contributed by atoms with Gasteiger partial charge in [-0.1, -0.05) is 0 Å². The van der Waals surface area contributed by atoms with E-state index in [9.17, 15) is 4.79 Å². The first-order valence-electron chi connectivity index (χ1n) is 3.22. The van der Waals surface area contributed by atoms with Crippen LogP contribution in [0.15, 0.2) is 0 Å². The summed E-state index contributed by atoms with van der Waals surface area (Å²) in [6.45, 7) is 2.12. The lowest BCUT2D eigenvalue weighted by molar-refractivity contribution is -0.142. The van der Waals surface area contributed by atoms with Crippen molar-refractivity contribution in [3.05, 3.63) is 0 Å². The number of nitrogens with zero attached hydrogens (tertiary/aromatic N) is 1. The van der Waals surface area contributed by atoms with Gasteiger partial charge in [0, 0.05) is 11.8 Å². The maximum atomic E-state index is 10.8. The van der Waals surface area contributed by atoms with E-state index in [-0.39, 0.29) is 0 Å². The molecule has 0 aliphatic carbocycles. The highest BCUT2D eigenvalue weighted by Crippen LogP contribution is 2.38. The number of fused-ring (bicyclic) bond motifs is 1. The monoisotopic (exact) mass is 143 g/mol. The van der Waals surface area contributed by atoms with E-state index >= 15 is 0 Å². The van der Waals surface area contributed by atoms with Crippen molar-refractivity contribution < 1.29 is 4.79 Å². The predicted molar refractivity (Wildman–Crippen MR) is 37.2 cm³/mol. The van der Waals surface area contributed by atoms with Crippen molar-refractivity contribution in [2.45, 2.75) is 24.8 Å². The third-order valence-electron chi connectivity index (χ3n) is 1.95. The Morgan fingerprint density at radius 2 is 2.56 bits per heavy atom. The summed E-state index contributed by atoms with van der Waals surface area (Å²) in [5.41, 5.74) is 0. The summed E-state index contributed by atoms with van der Waals surface area (Å²) in [5, 5.41) is 0.549. The third kappa shape index (κ3) is 0.611. The minimum Gasteiger partial charge on any atom is -0.327 e. The van der Waals surface area contributed by atoms with Crippen molar-refractivity contribution in [3.8, 4) is 0 Å². The molecule has 0 N–H and O–H groups in total. The molecule has 50 valence electrons. The largest absolute Gasteiger partial charge is 0.327 e. The molecular formula is C6H9NOS. The van der Waals surface area contributed by atoms with Crippen LogP contribution in [-0.4, -0.2) is 28.0 Å². The number of carbonyl (C=O) groups excluding carboxylic acids is 1. The number of β-lactam (4-membered cyclic amide) rings is 1. The molecule has 1 unspecified atom stereocenters. The van der Waals surface area contributed by atoms with Gasteiger partial charge in [-0.3, -0.25) is 4.79 Å². The maximum Gasteiger partial charge on any atom is 0.226 e. The van der Waals surface area contributed by atoms with Crippen molar-refractivity contribution in [1.82, 2.24) is 4.90 Å². The highest BCUT2D eigenvalue weighted by Gasteiger charge is 2.44. The molecule has 2 aliphatic heterocycles. The summed E-state index contributed by atoms with van der Waals surface area (Å²) in [6.07, 6.45) is 0.787. The van der Waals surface area contributed by atoms with Crippen LogP contribution >= 0.6 is 11.8 Å². The number of thioether (sulfide) groups is 1. The smallest absolute Gasteiger partial charge is 0.226 e. The minimum absolute atomic E-state index is 0.345. The Morgan fingerprint density at radius 3 is 3.00 bits per heavy atom. The van der Waals surface area contributed by atoms with Crippen molar-refractivity contribution >= 4 is 17.7 Å². The van der Waals surface area contributed by atoms with Gasteiger partial charge in [0.1, 0.15) is 0 Å². The SMILES string of the molecule is CC1CS[C@@H]2CC(=O)N12. The first kappa shape index (κ1) is 5.59. The van der Waals surface area contributed by atoms with Gasteiger partial charge in [-0.25, -0.2) is 0 Å². The topological polar surface area (TPSA) is 20.3 Å². The molecular weight excluding hydrogens is 134 g/mol. The van der Waals surface area contributed by atoms with E-state index in [1.165, 1.54) is 0 Å². The Labute approximate surface area is 58.6 Å². The zero-order chi connectivity index (χ0) is 6.43. The summed E-state index contributed by atoms with van der Waals surface area (Å²) in [7, 11) is 0. The molecule has 0 bridgehead atoms. The molecule has 2 atom stereocenters. The molecule has 1 amide bonds. The Kier molecular flexibility index (Phi) is 1.03. The summed E-state index contributed by atoms with van der Waals surface area (Å²) >= 11 is 1.91. The van der Waals surface area contributed by atoms with Gasteiger partial charge >= 0.3 is 0 Å². The van der Waals surface area contributed by atoms with E-state index in [1.807, 2.05) is 16.7 Å². The summed E-state index contributed by atoms with van der Waals surface area (Å²) in [6, 6.07) is 0.501. The highest BCUT2D eigenvalue weighted by atomic mass is 32.2. The minimum atomic E-state index is 0.345. The summed E-state index contributed by atoms with van der Waals surface area (Å²) < 4.78 is 0. The average Bonchev–Trinajstić information content (AvgIpc) is 2.04. The van der Waals surface area contributed by atoms with Crippen LogP contribution < -0.4 is 0 Å². The van der Waals surface area contributed by atoms with Gasteiger partial charge in [0.2, 0.25) is 5.91 Å². The number of carbonyl (C=O) groups is 1. The molecule has 2 aliphatic rings. The van der Waals surface area contributed by atoms with Gasteiger partial charge in [0.25, 0.3) is 0 Å². The molecule has 2 heterocycles. The zero-order valence-corrected chi connectivity index (χ0v) is 6.15. The predicted octanol–water partition coefficient (Wildman–Crippen LogP) is 0.680. The lowest BCUT2D eigenvalue weighted by Crippen LogP contribution is -2.50. The third-order valence-corrected chi connectivity index (χ3v) is 3.41. The molecule has 9 heavy (non-hydrogen) atoms. The molecule has 0 aromatic rings.